The smallest absolute Gasteiger partial charge is 0.267 e. The average Bonchev–Trinajstić information content (AvgIpc) is 2.55. The van der Waals surface area contributed by atoms with Gasteiger partial charge in [-0.15, -0.1) is 0 Å². The van der Waals surface area contributed by atoms with E-state index in [-0.39, 0.29) is 11.3 Å². The summed E-state index contributed by atoms with van der Waals surface area (Å²) in [4.78, 5) is 16.2. The molecule has 0 aliphatic heterocycles. The van der Waals surface area contributed by atoms with Crippen LogP contribution in [0.2, 0.25) is 0 Å². The number of amides is 1. The molecule has 1 amide bonds. The highest BCUT2D eigenvalue weighted by Crippen LogP contribution is 2.20. The van der Waals surface area contributed by atoms with E-state index in [0.29, 0.717) is 17.8 Å². The number of aromatic nitrogens is 1. The van der Waals surface area contributed by atoms with Crippen molar-refractivity contribution in [2.75, 3.05) is 5.32 Å². The summed E-state index contributed by atoms with van der Waals surface area (Å²) in [5.74, 6) is -0.400. The molecule has 6 heteroatoms. The predicted octanol–water partition coefficient (Wildman–Crippen LogP) is 2.23. The molecule has 0 bridgehead atoms. The highest BCUT2D eigenvalue weighted by atomic mass is 16.3. The highest BCUT2D eigenvalue weighted by molar-refractivity contribution is 6.06. The Bertz CT molecular complexity index is 764. The fraction of sp³-hybridized carbons (Fsp3) is 0.118. The number of nitrogens with one attached hydrogen (secondary N) is 2. The van der Waals surface area contributed by atoms with Crippen molar-refractivity contribution in [1.82, 2.24) is 10.3 Å². The van der Waals surface area contributed by atoms with E-state index in [1.54, 1.807) is 19.2 Å². The fourth-order valence-corrected chi connectivity index (χ4v) is 1.89. The van der Waals surface area contributed by atoms with Crippen molar-refractivity contribution in [1.29, 1.82) is 5.26 Å². The summed E-state index contributed by atoms with van der Waals surface area (Å²) in [7, 11) is 0. The summed E-state index contributed by atoms with van der Waals surface area (Å²) in [6, 6.07) is 12.0. The summed E-state index contributed by atoms with van der Waals surface area (Å²) in [5.41, 5.74) is 2.00. The molecule has 2 aromatic rings. The van der Waals surface area contributed by atoms with Crippen molar-refractivity contribution in [3.63, 3.8) is 0 Å². The lowest BCUT2D eigenvalue weighted by atomic mass is 10.2. The number of aryl methyl sites for hydroxylation is 1. The zero-order valence-electron chi connectivity index (χ0n) is 12.6. The van der Waals surface area contributed by atoms with E-state index in [2.05, 4.69) is 15.6 Å². The van der Waals surface area contributed by atoms with Crippen LogP contribution < -0.4 is 10.6 Å². The van der Waals surface area contributed by atoms with Crippen LogP contribution in [-0.2, 0) is 11.3 Å². The quantitative estimate of drug-likeness (QED) is 0.447. The van der Waals surface area contributed by atoms with Gasteiger partial charge >= 0.3 is 0 Å². The summed E-state index contributed by atoms with van der Waals surface area (Å²) in [6.45, 7) is 2.17. The number of anilines is 1. The van der Waals surface area contributed by atoms with Gasteiger partial charge in [0.1, 0.15) is 17.4 Å². The number of benzene rings is 1. The van der Waals surface area contributed by atoms with Crippen molar-refractivity contribution in [3.8, 4) is 11.8 Å². The maximum atomic E-state index is 12.1. The van der Waals surface area contributed by atoms with Crippen molar-refractivity contribution in [2.45, 2.75) is 13.5 Å². The van der Waals surface area contributed by atoms with Crippen LogP contribution in [0.5, 0.6) is 5.75 Å². The first kappa shape index (κ1) is 16.0. The summed E-state index contributed by atoms with van der Waals surface area (Å²) >= 11 is 0. The summed E-state index contributed by atoms with van der Waals surface area (Å²) in [6.07, 6.45) is 3.03. The molecule has 2 rings (SSSR count). The molecule has 1 heterocycles. The number of carbonyl (C=O) groups excluding carboxylic acids is 1. The van der Waals surface area contributed by atoms with Crippen molar-refractivity contribution in [3.05, 3.63) is 65.6 Å². The number of phenols is 1. The Hall–Kier alpha value is -3.33. The summed E-state index contributed by atoms with van der Waals surface area (Å²) in [5, 5.41) is 24.0. The third-order valence-electron chi connectivity index (χ3n) is 3.08. The molecule has 0 fully saturated rings. The van der Waals surface area contributed by atoms with Gasteiger partial charge in [-0.05, 0) is 42.8 Å². The van der Waals surface area contributed by atoms with E-state index in [0.717, 1.165) is 5.69 Å². The van der Waals surface area contributed by atoms with Crippen LogP contribution in [0.15, 0.2) is 54.4 Å². The van der Waals surface area contributed by atoms with Crippen LogP contribution in [0, 0.1) is 18.3 Å². The van der Waals surface area contributed by atoms with Crippen molar-refractivity contribution < 1.29 is 9.90 Å². The largest absolute Gasteiger partial charge is 0.508 e. The minimum Gasteiger partial charge on any atom is -0.508 e. The standard InChI is InChI=1S/C17H16N4O2/c1-12-8-15(22)5-6-16(12)21-17(23)13(9-18)10-19-11-14-4-2-3-7-20-14/h2-8,10,19,22H,11H2,1H3,(H,21,23)/b13-10-. The molecule has 1 aromatic heterocycles. The molecule has 0 aliphatic carbocycles. The molecule has 23 heavy (non-hydrogen) atoms. The second-order valence-corrected chi connectivity index (χ2v) is 4.83. The number of nitrogens with zero attached hydrogens (tertiary/aromatic N) is 2. The predicted molar refractivity (Wildman–Crippen MR) is 86.2 cm³/mol. The second-order valence-electron chi connectivity index (χ2n) is 4.83. The van der Waals surface area contributed by atoms with Gasteiger partial charge in [0.25, 0.3) is 5.91 Å². The Labute approximate surface area is 134 Å². The lowest BCUT2D eigenvalue weighted by Gasteiger charge is -2.08. The number of hydrogen-bond acceptors (Lipinski definition) is 5. The topological polar surface area (TPSA) is 98.0 Å². The van der Waals surface area contributed by atoms with Crippen LogP contribution in [0.4, 0.5) is 5.69 Å². The molecule has 6 nitrogen and oxygen atoms in total. The molecule has 0 spiro atoms. The zero-order valence-corrected chi connectivity index (χ0v) is 12.6. The number of hydrogen-bond donors (Lipinski definition) is 3. The van der Waals surface area contributed by atoms with Gasteiger partial charge in [-0.25, -0.2) is 0 Å². The Balaban J connectivity index is 2.00. The van der Waals surface area contributed by atoms with E-state index < -0.39 is 5.91 Å². The van der Waals surface area contributed by atoms with Gasteiger partial charge in [-0.2, -0.15) is 5.26 Å². The van der Waals surface area contributed by atoms with Crippen LogP contribution >= 0.6 is 0 Å². The molecule has 0 saturated heterocycles. The number of phenolic OH excluding ortho intramolecular Hbond substituents is 1. The zero-order chi connectivity index (χ0) is 16.7. The Kier molecular flexibility index (Phi) is 5.31. The first-order valence-electron chi connectivity index (χ1n) is 6.94. The van der Waals surface area contributed by atoms with Gasteiger partial charge in [0.05, 0.1) is 12.2 Å². The number of aromatic hydroxyl groups is 1. The number of rotatable bonds is 5. The number of pyridine rings is 1. The third kappa shape index (κ3) is 4.58. The van der Waals surface area contributed by atoms with E-state index in [9.17, 15) is 9.90 Å². The molecular weight excluding hydrogens is 292 g/mol. The minimum absolute atomic E-state index is 0.0478. The van der Waals surface area contributed by atoms with Crippen LogP contribution in [0.3, 0.4) is 0 Å². The monoisotopic (exact) mass is 308 g/mol. The van der Waals surface area contributed by atoms with Gasteiger partial charge < -0.3 is 15.7 Å². The molecule has 0 unspecified atom stereocenters. The van der Waals surface area contributed by atoms with Gasteiger partial charge in [-0.1, -0.05) is 6.07 Å². The Morgan fingerprint density at radius 3 is 2.87 bits per heavy atom. The maximum absolute atomic E-state index is 12.1. The molecule has 0 saturated carbocycles. The van der Waals surface area contributed by atoms with Crippen molar-refractivity contribution >= 4 is 11.6 Å². The van der Waals surface area contributed by atoms with Crippen LogP contribution in [0.1, 0.15) is 11.3 Å². The van der Waals surface area contributed by atoms with E-state index in [1.807, 2.05) is 24.3 Å². The third-order valence-corrected chi connectivity index (χ3v) is 3.08. The minimum atomic E-state index is -0.519. The Morgan fingerprint density at radius 1 is 1.39 bits per heavy atom. The molecule has 0 atom stereocenters. The van der Waals surface area contributed by atoms with Crippen LogP contribution in [-0.4, -0.2) is 16.0 Å². The molecule has 1 aromatic carbocycles. The molecule has 0 radical (unpaired) electrons. The second kappa shape index (κ2) is 7.61. The first-order valence-corrected chi connectivity index (χ1v) is 6.94. The van der Waals surface area contributed by atoms with Crippen molar-refractivity contribution in [2.24, 2.45) is 0 Å². The van der Waals surface area contributed by atoms with E-state index >= 15 is 0 Å². The molecule has 0 aliphatic rings. The van der Waals surface area contributed by atoms with E-state index in [4.69, 9.17) is 5.26 Å². The van der Waals surface area contributed by atoms with Gasteiger partial charge in [0, 0.05) is 18.1 Å². The number of carbonyl (C=O) groups is 1. The maximum Gasteiger partial charge on any atom is 0.267 e. The fourth-order valence-electron chi connectivity index (χ4n) is 1.89. The average molecular weight is 308 g/mol. The lowest BCUT2D eigenvalue weighted by molar-refractivity contribution is -0.112. The molecule has 116 valence electrons. The summed E-state index contributed by atoms with van der Waals surface area (Å²) < 4.78 is 0. The highest BCUT2D eigenvalue weighted by Gasteiger charge is 2.10. The van der Waals surface area contributed by atoms with Gasteiger partial charge in [0.15, 0.2) is 0 Å². The number of nitriles is 1. The van der Waals surface area contributed by atoms with E-state index in [1.165, 1.54) is 18.3 Å². The van der Waals surface area contributed by atoms with Gasteiger partial charge in [0.2, 0.25) is 0 Å². The van der Waals surface area contributed by atoms with Crippen LogP contribution in [0.25, 0.3) is 0 Å². The van der Waals surface area contributed by atoms with Gasteiger partial charge in [-0.3, -0.25) is 9.78 Å². The normalized spacial score (nSPS) is 10.7. The lowest BCUT2D eigenvalue weighted by Crippen LogP contribution is -2.17. The first-order chi connectivity index (χ1) is 11.1. The molecule has 3 N–H and O–H groups in total. The SMILES string of the molecule is Cc1cc(O)ccc1NC(=O)/C(C#N)=C\NCc1ccccn1. The molecular formula is C17H16N4O2. The Morgan fingerprint density at radius 2 is 2.22 bits per heavy atom.